The third-order valence-corrected chi connectivity index (χ3v) is 5.21. The molecule has 0 unspecified atom stereocenters. The zero-order valence-electron chi connectivity index (χ0n) is 11.6. The van der Waals surface area contributed by atoms with Gasteiger partial charge < -0.3 is 9.53 Å². The smallest absolute Gasteiger partial charge is 0.350 e. The Balaban J connectivity index is 2.01. The first-order chi connectivity index (χ1) is 9.97. The van der Waals surface area contributed by atoms with E-state index >= 15 is 0 Å². The van der Waals surface area contributed by atoms with Gasteiger partial charge in [0.25, 0.3) is 0 Å². The number of carbonyl (C=O) groups excluding carboxylic acids is 2. The molecule has 2 aromatic rings. The summed E-state index contributed by atoms with van der Waals surface area (Å²) in [5, 5.41) is 0.764. The molecule has 0 atom stereocenters. The van der Waals surface area contributed by atoms with Gasteiger partial charge in [-0.05, 0) is 32.4 Å². The van der Waals surface area contributed by atoms with Crippen LogP contribution in [0.5, 0.6) is 0 Å². The van der Waals surface area contributed by atoms with Crippen LogP contribution in [0.1, 0.15) is 35.1 Å². The minimum absolute atomic E-state index is 0.0943. The van der Waals surface area contributed by atoms with E-state index in [1.54, 1.807) is 13.0 Å². The zero-order valence-corrected chi connectivity index (χ0v) is 14.0. The van der Waals surface area contributed by atoms with Crippen molar-refractivity contribution >= 4 is 46.0 Å². The summed E-state index contributed by atoms with van der Waals surface area (Å²) in [6.45, 7) is 3.55. The molecule has 0 aromatic carbocycles. The van der Waals surface area contributed by atoms with Crippen LogP contribution in [0.15, 0.2) is 12.1 Å². The van der Waals surface area contributed by atoms with Gasteiger partial charge in [-0.25, -0.2) is 9.78 Å². The van der Waals surface area contributed by atoms with Crippen LogP contribution in [-0.4, -0.2) is 23.3 Å². The Morgan fingerprint density at radius 2 is 2.10 bits per heavy atom. The van der Waals surface area contributed by atoms with Crippen LogP contribution in [0.2, 0.25) is 4.34 Å². The number of aryl methyl sites for hydroxylation is 1. The molecule has 0 amide bonds. The summed E-state index contributed by atoms with van der Waals surface area (Å²) >= 11 is 8.63. The summed E-state index contributed by atoms with van der Waals surface area (Å²) in [4.78, 5) is 28.6. The number of thiazole rings is 1. The highest BCUT2D eigenvalue weighted by molar-refractivity contribution is 7.24. The van der Waals surface area contributed by atoms with Gasteiger partial charge >= 0.3 is 5.97 Å². The number of ketones is 1. The van der Waals surface area contributed by atoms with Crippen molar-refractivity contribution in [3.05, 3.63) is 27.0 Å². The first-order valence-electron chi connectivity index (χ1n) is 6.37. The lowest BCUT2D eigenvalue weighted by Crippen LogP contribution is -2.07. The summed E-state index contributed by atoms with van der Waals surface area (Å²) < 4.78 is 5.86. The second kappa shape index (κ2) is 7.15. The molecule has 0 saturated heterocycles. The van der Waals surface area contributed by atoms with E-state index < -0.39 is 0 Å². The van der Waals surface area contributed by atoms with Crippen LogP contribution in [-0.2, 0) is 9.53 Å². The fourth-order valence-electron chi connectivity index (χ4n) is 1.67. The summed E-state index contributed by atoms with van der Waals surface area (Å²) in [5.41, 5.74) is 0.649. The molecule has 0 aliphatic heterocycles. The van der Waals surface area contributed by atoms with Gasteiger partial charge in [0, 0.05) is 6.42 Å². The Bertz CT molecular complexity index is 663. The zero-order chi connectivity index (χ0) is 15.4. The molecule has 0 aliphatic carbocycles. The molecular weight excluding hydrogens is 330 g/mol. The maximum atomic E-state index is 12.0. The Morgan fingerprint density at radius 3 is 2.71 bits per heavy atom. The number of nitrogens with zero attached hydrogens (tertiary/aromatic N) is 1. The molecule has 0 aliphatic rings. The summed E-state index contributed by atoms with van der Waals surface area (Å²) in [6.07, 6.45) is 0.972. The molecule has 2 rings (SSSR count). The van der Waals surface area contributed by atoms with E-state index in [9.17, 15) is 9.59 Å². The third-order valence-electron chi connectivity index (χ3n) is 2.67. The summed E-state index contributed by atoms with van der Waals surface area (Å²) in [5.74, 6) is -0.292. The highest BCUT2D eigenvalue weighted by Gasteiger charge is 2.18. The second-order valence-electron chi connectivity index (χ2n) is 4.48. The molecule has 2 aromatic heterocycles. The van der Waals surface area contributed by atoms with Crippen molar-refractivity contribution in [2.75, 3.05) is 6.61 Å². The van der Waals surface area contributed by atoms with E-state index in [2.05, 4.69) is 4.98 Å². The highest BCUT2D eigenvalue weighted by atomic mass is 35.5. The number of thiophene rings is 1. The third kappa shape index (κ3) is 4.36. The van der Waals surface area contributed by atoms with Crippen LogP contribution in [0.25, 0.3) is 9.88 Å². The lowest BCUT2D eigenvalue weighted by atomic mass is 10.2. The predicted octanol–water partition coefficient (Wildman–Crippen LogP) is 4.36. The van der Waals surface area contributed by atoms with Crippen molar-refractivity contribution in [2.24, 2.45) is 0 Å². The van der Waals surface area contributed by atoms with Gasteiger partial charge in [0.2, 0.25) is 0 Å². The molecule has 0 fully saturated rings. The summed E-state index contributed by atoms with van der Waals surface area (Å²) in [7, 11) is 0. The number of carbonyl (C=O) groups is 2. The summed E-state index contributed by atoms with van der Waals surface area (Å²) in [6, 6.07) is 3.69. The molecule has 0 N–H and O–H groups in total. The fraction of sp³-hybridized carbons (Fsp3) is 0.357. The van der Waals surface area contributed by atoms with Crippen molar-refractivity contribution in [2.45, 2.75) is 26.7 Å². The van der Waals surface area contributed by atoms with Crippen molar-refractivity contribution < 1.29 is 14.3 Å². The van der Waals surface area contributed by atoms with E-state index in [-0.39, 0.29) is 18.4 Å². The Morgan fingerprint density at radius 1 is 1.33 bits per heavy atom. The van der Waals surface area contributed by atoms with Crippen LogP contribution in [0, 0.1) is 6.92 Å². The lowest BCUT2D eigenvalue weighted by Gasteiger charge is -2.02. The van der Waals surface area contributed by atoms with Gasteiger partial charge in [-0.1, -0.05) is 11.6 Å². The van der Waals surface area contributed by atoms with Crippen LogP contribution >= 0.6 is 34.3 Å². The molecule has 0 radical (unpaired) electrons. The molecule has 0 bridgehead atoms. The van der Waals surface area contributed by atoms with E-state index in [4.69, 9.17) is 16.3 Å². The maximum absolute atomic E-state index is 12.0. The Labute approximate surface area is 135 Å². The Kier molecular flexibility index (Phi) is 5.50. The topological polar surface area (TPSA) is 56.3 Å². The van der Waals surface area contributed by atoms with E-state index in [0.29, 0.717) is 27.7 Å². The number of hydrogen-bond donors (Lipinski definition) is 0. The van der Waals surface area contributed by atoms with Gasteiger partial charge in [0.1, 0.15) is 15.7 Å². The standard InChI is InChI=1S/C14H14ClNO3S2/c1-8(17)4-3-7-19-14(18)12-9(2)16-13(21-12)10-5-6-11(15)20-10/h5-6H,3-4,7H2,1-2H3. The lowest BCUT2D eigenvalue weighted by molar-refractivity contribution is -0.117. The quantitative estimate of drug-likeness (QED) is 0.577. The molecule has 2 heterocycles. The highest BCUT2D eigenvalue weighted by Crippen LogP contribution is 2.35. The van der Waals surface area contributed by atoms with Gasteiger partial charge in [0.15, 0.2) is 0 Å². The average molecular weight is 344 g/mol. The van der Waals surface area contributed by atoms with E-state index in [1.807, 2.05) is 6.07 Å². The molecule has 21 heavy (non-hydrogen) atoms. The van der Waals surface area contributed by atoms with Gasteiger partial charge in [-0.2, -0.15) is 0 Å². The molecule has 0 saturated carbocycles. The number of ether oxygens (including phenoxy) is 1. The van der Waals surface area contributed by atoms with Crippen molar-refractivity contribution in [3.8, 4) is 9.88 Å². The second-order valence-corrected chi connectivity index (χ2v) is 7.19. The van der Waals surface area contributed by atoms with Crippen molar-refractivity contribution in [3.63, 3.8) is 0 Å². The maximum Gasteiger partial charge on any atom is 0.350 e. The number of aromatic nitrogens is 1. The number of esters is 1. The van der Waals surface area contributed by atoms with Gasteiger partial charge in [0.05, 0.1) is 21.5 Å². The minimum Gasteiger partial charge on any atom is -0.461 e. The first kappa shape index (κ1) is 16.1. The Hall–Kier alpha value is -1.24. The first-order valence-corrected chi connectivity index (χ1v) is 8.38. The normalized spacial score (nSPS) is 10.6. The SMILES string of the molecule is CC(=O)CCCOC(=O)c1sc(-c2ccc(Cl)s2)nc1C. The van der Waals surface area contributed by atoms with Crippen LogP contribution in [0.4, 0.5) is 0 Å². The van der Waals surface area contributed by atoms with Crippen molar-refractivity contribution in [1.29, 1.82) is 0 Å². The monoisotopic (exact) mass is 343 g/mol. The van der Waals surface area contributed by atoms with Gasteiger partial charge in [-0.15, -0.1) is 22.7 Å². The number of halogens is 1. The van der Waals surface area contributed by atoms with E-state index in [1.165, 1.54) is 29.6 Å². The molecule has 4 nitrogen and oxygen atoms in total. The van der Waals surface area contributed by atoms with Crippen LogP contribution in [0.3, 0.4) is 0 Å². The molecule has 112 valence electrons. The molecular formula is C14H14ClNO3S2. The van der Waals surface area contributed by atoms with Gasteiger partial charge in [-0.3, -0.25) is 0 Å². The molecule has 0 spiro atoms. The number of rotatable bonds is 6. The average Bonchev–Trinajstić information content (AvgIpc) is 3.00. The fourth-order valence-corrected chi connectivity index (χ4v) is 3.73. The largest absolute Gasteiger partial charge is 0.461 e. The number of Topliss-reactive ketones (excluding diaryl/α,β-unsaturated/α-hetero) is 1. The molecule has 7 heteroatoms. The van der Waals surface area contributed by atoms with Crippen molar-refractivity contribution in [1.82, 2.24) is 4.98 Å². The minimum atomic E-state index is -0.387. The number of hydrogen-bond acceptors (Lipinski definition) is 6. The van der Waals surface area contributed by atoms with E-state index in [0.717, 1.165) is 9.88 Å². The predicted molar refractivity (Wildman–Crippen MR) is 85.4 cm³/mol. The van der Waals surface area contributed by atoms with Crippen LogP contribution < -0.4 is 0 Å².